The summed E-state index contributed by atoms with van der Waals surface area (Å²) in [6.07, 6.45) is 1.33. The molecule has 1 aromatic carbocycles. The van der Waals surface area contributed by atoms with Gasteiger partial charge in [0, 0.05) is 6.07 Å². The Balaban J connectivity index is 2.03. The molecular weight excluding hydrogens is 246 g/mol. The van der Waals surface area contributed by atoms with Crippen LogP contribution in [0.3, 0.4) is 0 Å². The first-order valence-corrected chi connectivity index (χ1v) is 5.02. The number of phenols is 1. The number of aromatic hydroxyl groups is 1. The molecule has 0 radical (unpaired) electrons. The van der Waals surface area contributed by atoms with E-state index in [0.717, 1.165) is 0 Å². The molecule has 7 nitrogen and oxygen atoms in total. The van der Waals surface area contributed by atoms with Crippen LogP contribution in [0.4, 0.5) is 5.69 Å². The van der Waals surface area contributed by atoms with Crippen molar-refractivity contribution in [2.75, 3.05) is 5.32 Å². The fourth-order valence-electron chi connectivity index (χ4n) is 1.19. The molecule has 17 heavy (non-hydrogen) atoms. The predicted octanol–water partition coefficient (Wildman–Crippen LogP) is 0.671. The van der Waals surface area contributed by atoms with E-state index < -0.39 is 0 Å². The van der Waals surface area contributed by atoms with Crippen molar-refractivity contribution in [2.45, 2.75) is 6.54 Å². The van der Waals surface area contributed by atoms with Gasteiger partial charge in [0.1, 0.15) is 18.6 Å². The summed E-state index contributed by atoms with van der Waals surface area (Å²) in [6.45, 7) is -0.00972. The van der Waals surface area contributed by atoms with Crippen molar-refractivity contribution < 1.29 is 9.90 Å². The first kappa shape index (κ1) is 11.3. The molecule has 0 atom stereocenters. The standard InChI is InChI=1S/C9H8ClN5O2/c10-7-3-6(16)1-2-8(7)12-9(17)4-15-5-11-13-14-15/h1-3,5,16H,4H2,(H,12,17). The van der Waals surface area contributed by atoms with E-state index in [1.807, 2.05) is 0 Å². The Labute approximate surface area is 101 Å². The molecule has 88 valence electrons. The lowest BCUT2D eigenvalue weighted by Gasteiger charge is -2.06. The van der Waals surface area contributed by atoms with Gasteiger partial charge in [0.05, 0.1) is 10.7 Å². The van der Waals surface area contributed by atoms with Crippen LogP contribution in [0.1, 0.15) is 0 Å². The second-order valence-electron chi connectivity index (χ2n) is 3.22. The zero-order valence-electron chi connectivity index (χ0n) is 8.54. The fraction of sp³-hybridized carbons (Fsp3) is 0.111. The number of rotatable bonds is 3. The number of hydrogen-bond donors (Lipinski definition) is 2. The Morgan fingerprint density at radius 2 is 2.35 bits per heavy atom. The van der Waals surface area contributed by atoms with Crippen molar-refractivity contribution in [1.82, 2.24) is 20.2 Å². The number of tetrazole rings is 1. The van der Waals surface area contributed by atoms with Crippen molar-refractivity contribution in [3.63, 3.8) is 0 Å². The first-order valence-electron chi connectivity index (χ1n) is 4.64. The Morgan fingerprint density at radius 1 is 1.53 bits per heavy atom. The highest BCUT2D eigenvalue weighted by molar-refractivity contribution is 6.33. The number of halogens is 1. The number of nitrogens with one attached hydrogen (secondary N) is 1. The van der Waals surface area contributed by atoms with E-state index in [1.54, 1.807) is 0 Å². The molecule has 0 aliphatic rings. The summed E-state index contributed by atoms with van der Waals surface area (Å²) in [5.74, 6) is -0.279. The predicted molar refractivity (Wildman–Crippen MR) is 59.6 cm³/mol. The Bertz CT molecular complexity index is 528. The fourth-order valence-corrected chi connectivity index (χ4v) is 1.42. The molecule has 2 rings (SSSR count). The summed E-state index contributed by atoms with van der Waals surface area (Å²) in [7, 11) is 0. The summed E-state index contributed by atoms with van der Waals surface area (Å²) in [4.78, 5) is 11.6. The van der Waals surface area contributed by atoms with Crippen LogP contribution < -0.4 is 5.32 Å². The summed E-state index contributed by atoms with van der Waals surface area (Å²) in [5.41, 5.74) is 0.419. The molecule has 1 heterocycles. The third kappa shape index (κ3) is 2.91. The number of aromatic nitrogens is 4. The SMILES string of the molecule is O=C(Cn1cnnn1)Nc1ccc(O)cc1Cl. The Morgan fingerprint density at radius 3 is 3.00 bits per heavy atom. The zero-order chi connectivity index (χ0) is 12.3. The Hall–Kier alpha value is -2.15. The lowest BCUT2D eigenvalue weighted by Crippen LogP contribution is -2.19. The van der Waals surface area contributed by atoms with Gasteiger partial charge in [0.2, 0.25) is 5.91 Å². The second kappa shape index (κ2) is 4.79. The lowest BCUT2D eigenvalue weighted by atomic mass is 10.3. The molecule has 2 N–H and O–H groups in total. The van der Waals surface area contributed by atoms with Gasteiger partial charge in [0.25, 0.3) is 0 Å². The minimum Gasteiger partial charge on any atom is -0.508 e. The van der Waals surface area contributed by atoms with Crippen molar-refractivity contribution in [3.8, 4) is 5.75 Å². The second-order valence-corrected chi connectivity index (χ2v) is 3.63. The zero-order valence-corrected chi connectivity index (χ0v) is 9.29. The van der Waals surface area contributed by atoms with Crippen LogP contribution in [0.15, 0.2) is 24.5 Å². The number of nitrogens with zero attached hydrogens (tertiary/aromatic N) is 4. The maximum absolute atomic E-state index is 11.6. The number of amides is 1. The molecule has 8 heteroatoms. The van der Waals surface area contributed by atoms with Crippen molar-refractivity contribution in [1.29, 1.82) is 0 Å². The van der Waals surface area contributed by atoms with E-state index in [9.17, 15) is 4.79 Å². The third-order valence-corrected chi connectivity index (χ3v) is 2.24. The van der Waals surface area contributed by atoms with Crippen molar-refractivity contribution in [3.05, 3.63) is 29.5 Å². The number of carbonyl (C=O) groups is 1. The van der Waals surface area contributed by atoms with Crippen LogP contribution in [-0.2, 0) is 11.3 Å². The summed E-state index contributed by atoms with van der Waals surface area (Å²) in [5, 5.41) is 22.4. The average molecular weight is 254 g/mol. The van der Waals surface area contributed by atoms with Crippen LogP contribution >= 0.6 is 11.6 Å². The summed E-state index contributed by atoms with van der Waals surface area (Å²) in [6, 6.07) is 4.28. The van der Waals surface area contributed by atoms with Gasteiger partial charge >= 0.3 is 0 Å². The molecule has 0 saturated carbocycles. The molecule has 0 spiro atoms. The van der Waals surface area contributed by atoms with E-state index in [4.69, 9.17) is 16.7 Å². The molecule has 1 amide bonds. The molecule has 0 aliphatic heterocycles. The van der Waals surface area contributed by atoms with Gasteiger partial charge in [-0.1, -0.05) is 11.6 Å². The molecule has 0 aliphatic carbocycles. The average Bonchev–Trinajstić information content (AvgIpc) is 2.75. The molecule has 0 bridgehead atoms. The number of phenolic OH excluding ortho intramolecular Hbond substituents is 1. The van der Waals surface area contributed by atoms with Crippen LogP contribution in [-0.4, -0.2) is 31.2 Å². The van der Waals surface area contributed by atoms with Gasteiger partial charge in [0.15, 0.2) is 0 Å². The van der Waals surface area contributed by atoms with Gasteiger partial charge in [-0.2, -0.15) is 0 Å². The van der Waals surface area contributed by atoms with Crippen molar-refractivity contribution in [2.24, 2.45) is 0 Å². The normalized spacial score (nSPS) is 10.2. The Kier molecular flexibility index (Phi) is 3.20. The third-order valence-electron chi connectivity index (χ3n) is 1.92. The van der Waals surface area contributed by atoms with Gasteiger partial charge < -0.3 is 10.4 Å². The quantitative estimate of drug-likeness (QED) is 0.785. The van der Waals surface area contributed by atoms with Gasteiger partial charge in [-0.25, -0.2) is 4.68 Å². The van der Waals surface area contributed by atoms with Crippen molar-refractivity contribution >= 4 is 23.2 Å². The van der Waals surface area contributed by atoms with Crippen LogP contribution in [0, 0.1) is 0 Å². The maximum Gasteiger partial charge on any atom is 0.246 e. The molecule has 1 aromatic heterocycles. The largest absolute Gasteiger partial charge is 0.508 e. The van der Waals surface area contributed by atoms with Gasteiger partial charge in [-0.3, -0.25) is 4.79 Å². The van der Waals surface area contributed by atoms with Crippen LogP contribution in [0.2, 0.25) is 5.02 Å². The summed E-state index contributed by atoms with van der Waals surface area (Å²) < 4.78 is 1.28. The van der Waals surface area contributed by atoms with Gasteiger partial charge in [-0.05, 0) is 22.6 Å². The lowest BCUT2D eigenvalue weighted by molar-refractivity contribution is -0.116. The highest BCUT2D eigenvalue weighted by Crippen LogP contribution is 2.25. The number of benzene rings is 1. The number of hydrogen-bond acceptors (Lipinski definition) is 5. The summed E-state index contributed by atoms with van der Waals surface area (Å²) >= 11 is 5.83. The van der Waals surface area contributed by atoms with Gasteiger partial charge in [-0.15, -0.1) is 5.10 Å². The van der Waals surface area contributed by atoms with Crippen LogP contribution in [0.5, 0.6) is 5.75 Å². The highest BCUT2D eigenvalue weighted by Gasteiger charge is 2.07. The first-order chi connectivity index (χ1) is 8.15. The monoisotopic (exact) mass is 253 g/mol. The van der Waals surface area contributed by atoms with E-state index in [1.165, 1.54) is 29.2 Å². The van der Waals surface area contributed by atoms with E-state index in [0.29, 0.717) is 5.69 Å². The topological polar surface area (TPSA) is 92.9 Å². The highest BCUT2D eigenvalue weighted by atomic mass is 35.5. The minimum atomic E-state index is -0.315. The molecule has 2 aromatic rings. The molecule has 0 unspecified atom stereocenters. The smallest absolute Gasteiger partial charge is 0.246 e. The molecule has 0 fully saturated rings. The molecular formula is C9H8ClN5O2. The van der Waals surface area contributed by atoms with Crippen LogP contribution in [0.25, 0.3) is 0 Å². The molecule has 0 saturated heterocycles. The number of carbonyl (C=O) groups excluding carboxylic acids is 1. The van der Waals surface area contributed by atoms with E-state index in [-0.39, 0.29) is 23.2 Å². The van der Waals surface area contributed by atoms with E-state index in [2.05, 4.69) is 20.8 Å². The maximum atomic E-state index is 11.6. The number of anilines is 1. The van der Waals surface area contributed by atoms with E-state index >= 15 is 0 Å². The minimum absolute atomic E-state index is 0.00972.